The molecule has 0 aliphatic heterocycles. The van der Waals surface area contributed by atoms with Crippen molar-refractivity contribution in [3.05, 3.63) is 108 Å². The van der Waals surface area contributed by atoms with E-state index in [-0.39, 0.29) is 12.0 Å². The Morgan fingerprint density at radius 3 is 2.59 bits per heavy atom. The van der Waals surface area contributed by atoms with E-state index in [9.17, 15) is 4.79 Å². The highest BCUT2D eigenvalue weighted by Gasteiger charge is 2.18. The summed E-state index contributed by atoms with van der Waals surface area (Å²) in [4.78, 5) is 17.5. The van der Waals surface area contributed by atoms with Crippen molar-refractivity contribution in [2.24, 2.45) is 0 Å². The number of hydrogen-bond acceptors (Lipinski definition) is 4. The Morgan fingerprint density at radius 2 is 1.75 bits per heavy atom. The number of amides is 1. The van der Waals surface area contributed by atoms with Crippen LogP contribution in [0.25, 0.3) is 10.9 Å². The van der Waals surface area contributed by atoms with Gasteiger partial charge in [0.15, 0.2) is 0 Å². The largest absolute Gasteiger partial charge is 0.485 e. The van der Waals surface area contributed by atoms with E-state index in [1.165, 1.54) is 0 Å². The van der Waals surface area contributed by atoms with Crippen LogP contribution in [0.4, 0.5) is 0 Å². The first kappa shape index (κ1) is 21.5. The summed E-state index contributed by atoms with van der Waals surface area (Å²) >= 11 is 0. The summed E-state index contributed by atoms with van der Waals surface area (Å²) in [7, 11) is 1.92. The Hall–Kier alpha value is -3.70. The van der Waals surface area contributed by atoms with Gasteiger partial charge in [0, 0.05) is 24.5 Å². The van der Waals surface area contributed by atoms with Crippen LogP contribution in [-0.4, -0.2) is 24.5 Å². The summed E-state index contributed by atoms with van der Waals surface area (Å²) in [6.07, 6.45) is 2.41. The van der Waals surface area contributed by atoms with Gasteiger partial charge in [0.05, 0.1) is 11.1 Å². The zero-order valence-corrected chi connectivity index (χ0v) is 18.1. The topological polar surface area (TPSA) is 63.2 Å². The number of hydrogen-bond donors (Lipinski definition) is 2. The highest BCUT2D eigenvalue weighted by atomic mass is 16.5. The van der Waals surface area contributed by atoms with Gasteiger partial charge in [-0.05, 0) is 49.0 Å². The van der Waals surface area contributed by atoms with Gasteiger partial charge in [0.1, 0.15) is 11.9 Å². The van der Waals surface area contributed by atoms with Gasteiger partial charge in [-0.25, -0.2) is 0 Å². The number of pyridine rings is 1. The van der Waals surface area contributed by atoms with Crippen LogP contribution in [0.5, 0.6) is 5.75 Å². The molecule has 1 aromatic heterocycles. The molecule has 0 radical (unpaired) electrons. The lowest BCUT2D eigenvalue weighted by molar-refractivity contribution is 0.0942. The molecule has 0 saturated heterocycles. The third-order valence-electron chi connectivity index (χ3n) is 5.40. The van der Waals surface area contributed by atoms with Gasteiger partial charge in [-0.1, -0.05) is 60.7 Å². The van der Waals surface area contributed by atoms with Crippen LogP contribution in [0.15, 0.2) is 91.1 Å². The van der Waals surface area contributed by atoms with Crippen LogP contribution in [0.1, 0.15) is 34.0 Å². The highest BCUT2D eigenvalue weighted by Crippen LogP contribution is 2.28. The number of carbonyl (C=O) groups excluding carboxylic acids is 1. The molecule has 3 aromatic carbocycles. The van der Waals surface area contributed by atoms with Gasteiger partial charge in [0.25, 0.3) is 5.91 Å². The Morgan fingerprint density at radius 1 is 0.938 bits per heavy atom. The van der Waals surface area contributed by atoms with Gasteiger partial charge >= 0.3 is 0 Å². The number of aromatic nitrogens is 1. The molecule has 1 heterocycles. The highest BCUT2D eigenvalue weighted by molar-refractivity contribution is 5.97. The molecule has 4 rings (SSSR count). The molecular weight excluding hydrogens is 398 g/mol. The van der Waals surface area contributed by atoms with E-state index >= 15 is 0 Å². The number of rotatable bonds is 9. The first-order valence-electron chi connectivity index (χ1n) is 10.8. The predicted molar refractivity (Wildman–Crippen MR) is 128 cm³/mol. The maximum absolute atomic E-state index is 13.1. The van der Waals surface area contributed by atoms with Gasteiger partial charge in [-0.3, -0.25) is 9.78 Å². The Bertz CT molecular complexity index is 1170. The van der Waals surface area contributed by atoms with Crippen molar-refractivity contribution in [2.75, 3.05) is 13.6 Å². The molecule has 0 aliphatic rings. The number of nitrogens with one attached hydrogen (secondary N) is 2. The van der Waals surface area contributed by atoms with Crippen molar-refractivity contribution in [3.63, 3.8) is 0 Å². The minimum absolute atomic E-state index is 0.151. The lowest BCUT2D eigenvalue weighted by Gasteiger charge is -2.21. The summed E-state index contributed by atoms with van der Waals surface area (Å²) in [6, 6.07) is 27.4. The number of benzene rings is 3. The number of para-hydroxylation sites is 1. The maximum atomic E-state index is 13.1. The first-order chi connectivity index (χ1) is 15.8. The molecule has 0 bridgehead atoms. The number of nitrogens with zero attached hydrogens (tertiary/aromatic N) is 1. The summed E-state index contributed by atoms with van der Waals surface area (Å²) < 4.78 is 6.37. The van der Waals surface area contributed by atoms with E-state index < -0.39 is 0 Å². The smallest absolute Gasteiger partial charge is 0.255 e. The number of carbonyl (C=O) groups is 1. The molecule has 1 amide bonds. The molecular formula is C27H27N3O2. The van der Waals surface area contributed by atoms with Crippen LogP contribution < -0.4 is 15.4 Å². The van der Waals surface area contributed by atoms with E-state index in [0.29, 0.717) is 17.9 Å². The predicted octanol–water partition coefficient (Wildman–Crippen LogP) is 4.89. The monoisotopic (exact) mass is 425 g/mol. The molecule has 32 heavy (non-hydrogen) atoms. The third-order valence-corrected chi connectivity index (χ3v) is 5.40. The van der Waals surface area contributed by atoms with Crippen molar-refractivity contribution in [1.29, 1.82) is 0 Å². The van der Waals surface area contributed by atoms with E-state index in [4.69, 9.17) is 4.74 Å². The van der Waals surface area contributed by atoms with Gasteiger partial charge in [0.2, 0.25) is 0 Å². The van der Waals surface area contributed by atoms with E-state index in [1.54, 1.807) is 12.3 Å². The van der Waals surface area contributed by atoms with Gasteiger partial charge in [-0.15, -0.1) is 0 Å². The van der Waals surface area contributed by atoms with Crippen LogP contribution in [0.3, 0.4) is 0 Å². The van der Waals surface area contributed by atoms with E-state index in [2.05, 4.69) is 27.8 Å². The number of fused-ring (bicyclic) bond motifs is 1. The minimum Gasteiger partial charge on any atom is -0.485 e. The van der Waals surface area contributed by atoms with Crippen LogP contribution in [0, 0.1) is 0 Å². The fourth-order valence-corrected chi connectivity index (χ4v) is 3.74. The molecule has 5 heteroatoms. The zero-order valence-electron chi connectivity index (χ0n) is 18.1. The zero-order chi connectivity index (χ0) is 22.2. The van der Waals surface area contributed by atoms with Crippen molar-refractivity contribution in [3.8, 4) is 5.75 Å². The fourth-order valence-electron chi connectivity index (χ4n) is 3.74. The molecule has 1 atom stereocenters. The van der Waals surface area contributed by atoms with E-state index in [1.807, 2.05) is 73.8 Å². The summed E-state index contributed by atoms with van der Waals surface area (Å²) in [6.45, 7) is 1.22. The lowest BCUT2D eigenvalue weighted by Crippen LogP contribution is -2.24. The van der Waals surface area contributed by atoms with Crippen LogP contribution >= 0.6 is 0 Å². The maximum Gasteiger partial charge on any atom is 0.255 e. The Balaban J connectivity index is 1.52. The molecule has 0 aliphatic carbocycles. The summed E-state index contributed by atoms with van der Waals surface area (Å²) in [5, 5.41) is 7.26. The molecule has 1 unspecified atom stereocenters. The third kappa shape index (κ3) is 5.13. The lowest BCUT2D eigenvalue weighted by atomic mass is 10.1. The van der Waals surface area contributed by atoms with Crippen molar-refractivity contribution >= 4 is 16.8 Å². The van der Waals surface area contributed by atoms with Crippen molar-refractivity contribution in [2.45, 2.75) is 19.1 Å². The second kappa shape index (κ2) is 10.6. The van der Waals surface area contributed by atoms with Crippen LogP contribution in [0.2, 0.25) is 0 Å². The van der Waals surface area contributed by atoms with Gasteiger partial charge < -0.3 is 15.4 Å². The quantitative estimate of drug-likeness (QED) is 0.401. The first-order valence-corrected chi connectivity index (χ1v) is 10.8. The normalized spacial score (nSPS) is 11.8. The molecule has 0 spiro atoms. The minimum atomic E-state index is -0.165. The SMILES string of the molecule is CNCCC(Oc1ccccc1C(=O)NCc1cccc2ncccc12)c1ccccc1. The second-order valence-corrected chi connectivity index (χ2v) is 7.58. The second-order valence-electron chi connectivity index (χ2n) is 7.58. The fraction of sp³-hybridized carbons (Fsp3) is 0.185. The van der Waals surface area contributed by atoms with Gasteiger partial charge in [-0.2, -0.15) is 0 Å². The van der Waals surface area contributed by atoms with Crippen molar-refractivity contribution < 1.29 is 9.53 Å². The molecule has 4 aromatic rings. The Labute approximate surface area is 188 Å². The Kier molecular flexibility index (Phi) is 7.10. The van der Waals surface area contributed by atoms with E-state index in [0.717, 1.165) is 35.0 Å². The van der Waals surface area contributed by atoms with Crippen LogP contribution in [-0.2, 0) is 6.54 Å². The molecule has 5 nitrogen and oxygen atoms in total. The van der Waals surface area contributed by atoms with Crippen molar-refractivity contribution in [1.82, 2.24) is 15.6 Å². The standard InChI is InChI=1S/C27H27N3O2/c1-28-18-16-25(20-9-3-2-4-10-20)32-26-15-6-5-12-23(26)27(31)30-19-21-11-7-14-24-22(21)13-8-17-29-24/h2-15,17,25,28H,16,18-19H2,1H3,(H,30,31). The molecule has 2 N–H and O–H groups in total. The summed E-state index contributed by atoms with van der Waals surface area (Å²) in [5.41, 5.74) is 3.55. The number of ether oxygens (including phenoxy) is 1. The average Bonchev–Trinajstić information content (AvgIpc) is 2.86. The molecule has 162 valence electrons. The summed E-state index contributed by atoms with van der Waals surface area (Å²) in [5.74, 6) is 0.413. The molecule has 0 saturated carbocycles. The molecule has 0 fully saturated rings. The average molecular weight is 426 g/mol.